The number of hydrogen-bond acceptors (Lipinski definition) is 3. The van der Waals surface area contributed by atoms with Gasteiger partial charge >= 0.3 is 6.61 Å². The van der Waals surface area contributed by atoms with Crippen LogP contribution < -0.4 is 14.0 Å². The van der Waals surface area contributed by atoms with Crippen molar-refractivity contribution in [3.8, 4) is 17.2 Å². The summed E-state index contributed by atoms with van der Waals surface area (Å²) in [5.41, 5.74) is 0.296. The van der Waals surface area contributed by atoms with Crippen LogP contribution in [0.4, 0.5) is 8.78 Å². The van der Waals surface area contributed by atoms with Crippen LogP contribution in [0.5, 0.6) is 17.2 Å². The zero-order valence-electron chi connectivity index (χ0n) is 10.9. The monoisotopic (exact) mass is 358 g/mol. The molecular formula is C14H11BrF2NO3+. The van der Waals surface area contributed by atoms with Crippen LogP contribution in [0.25, 0.3) is 0 Å². The van der Waals surface area contributed by atoms with Crippen molar-refractivity contribution >= 4 is 22.2 Å². The van der Waals surface area contributed by atoms with Gasteiger partial charge in [-0.3, -0.25) is 4.79 Å². The number of aromatic nitrogens is 1. The van der Waals surface area contributed by atoms with E-state index in [9.17, 15) is 13.6 Å². The number of nitrogens with zero attached hydrogens (tertiary/aromatic N) is 1. The molecule has 0 aliphatic carbocycles. The molecule has 1 aromatic heterocycles. The zero-order chi connectivity index (χ0) is 15.4. The van der Waals surface area contributed by atoms with Crippen LogP contribution in [-0.2, 0) is 7.05 Å². The molecule has 1 aromatic carbocycles. The second kappa shape index (κ2) is 6.62. The maximum atomic E-state index is 12.4. The molecule has 0 aliphatic heterocycles. The zero-order valence-corrected chi connectivity index (χ0v) is 12.5. The van der Waals surface area contributed by atoms with Crippen molar-refractivity contribution in [2.24, 2.45) is 7.05 Å². The standard InChI is InChI=1S/C14H11BrF2NO3/c1-18-5-4-11(10(15)7-18)20-13-6-9(8-19)2-3-12(13)21-14(16)17/h2-8,14H,1H3/q+1. The Kier molecular flexibility index (Phi) is 4.85. The van der Waals surface area contributed by atoms with Gasteiger partial charge < -0.3 is 9.47 Å². The Morgan fingerprint density at radius 1 is 1.24 bits per heavy atom. The van der Waals surface area contributed by atoms with E-state index in [0.717, 1.165) is 0 Å². The van der Waals surface area contributed by atoms with Crippen molar-refractivity contribution < 1.29 is 27.6 Å². The largest absolute Gasteiger partial charge is 0.452 e. The number of aldehydes is 1. The lowest BCUT2D eigenvalue weighted by Gasteiger charge is -2.12. The van der Waals surface area contributed by atoms with Gasteiger partial charge in [-0.25, -0.2) is 4.57 Å². The predicted octanol–water partition coefficient (Wildman–Crippen LogP) is 3.48. The van der Waals surface area contributed by atoms with Crippen molar-refractivity contribution in [1.29, 1.82) is 0 Å². The first-order valence-electron chi connectivity index (χ1n) is 5.86. The molecule has 7 heteroatoms. The first kappa shape index (κ1) is 15.4. The topological polar surface area (TPSA) is 39.4 Å². The Morgan fingerprint density at radius 2 is 2.00 bits per heavy atom. The third-order valence-corrected chi connectivity index (χ3v) is 3.15. The molecule has 0 saturated heterocycles. The third-order valence-electron chi connectivity index (χ3n) is 2.55. The molecule has 21 heavy (non-hydrogen) atoms. The van der Waals surface area contributed by atoms with E-state index < -0.39 is 6.61 Å². The number of halogens is 3. The van der Waals surface area contributed by atoms with Gasteiger partial charge in [0.25, 0.3) is 0 Å². The summed E-state index contributed by atoms with van der Waals surface area (Å²) >= 11 is 3.31. The summed E-state index contributed by atoms with van der Waals surface area (Å²) in [6.07, 6.45) is 4.07. The molecule has 0 bridgehead atoms. The number of carbonyl (C=O) groups excluding carboxylic acids is 1. The van der Waals surface area contributed by atoms with Crippen LogP contribution in [0.3, 0.4) is 0 Å². The molecule has 0 radical (unpaired) electrons. The van der Waals surface area contributed by atoms with Gasteiger partial charge in [0.05, 0.1) is 0 Å². The number of carbonyl (C=O) groups is 1. The number of ether oxygens (including phenoxy) is 2. The SMILES string of the molecule is C[n+]1ccc(Oc2cc(C=O)ccc2OC(F)F)c(Br)c1. The molecule has 0 saturated carbocycles. The van der Waals surface area contributed by atoms with E-state index in [0.29, 0.717) is 22.1 Å². The highest BCUT2D eigenvalue weighted by molar-refractivity contribution is 9.10. The molecule has 0 aliphatic rings. The van der Waals surface area contributed by atoms with Crippen molar-refractivity contribution in [3.63, 3.8) is 0 Å². The molecule has 1 heterocycles. The lowest BCUT2D eigenvalue weighted by Crippen LogP contribution is -2.26. The highest BCUT2D eigenvalue weighted by Crippen LogP contribution is 2.35. The molecule has 0 spiro atoms. The van der Waals surface area contributed by atoms with Crippen molar-refractivity contribution in [3.05, 3.63) is 46.7 Å². The van der Waals surface area contributed by atoms with Gasteiger partial charge in [0.15, 0.2) is 29.6 Å². The van der Waals surface area contributed by atoms with E-state index in [-0.39, 0.29) is 11.5 Å². The second-order valence-corrected chi connectivity index (χ2v) is 4.98. The molecule has 2 rings (SSSR count). The summed E-state index contributed by atoms with van der Waals surface area (Å²) in [4.78, 5) is 10.8. The van der Waals surface area contributed by atoms with Gasteiger partial charge in [0.2, 0.25) is 0 Å². The van der Waals surface area contributed by atoms with Crippen LogP contribution in [0, 0.1) is 0 Å². The fraction of sp³-hybridized carbons (Fsp3) is 0.143. The van der Waals surface area contributed by atoms with E-state index >= 15 is 0 Å². The van der Waals surface area contributed by atoms with Gasteiger partial charge in [0, 0.05) is 11.6 Å². The maximum absolute atomic E-state index is 12.4. The maximum Gasteiger partial charge on any atom is 0.387 e. The Hall–Kier alpha value is -2.02. The number of hydrogen-bond donors (Lipinski definition) is 0. The van der Waals surface area contributed by atoms with Gasteiger partial charge in [-0.2, -0.15) is 8.78 Å². The van der Waals surface area contributed by atoms with Crippen LogP contribution in [0.1, 0.15) is 10.4 Å². The summed E-state index contributed by atoms with van der Waals surface area (Å²) < 4.78 is 37.2. The van der Waals surface area contributed by atoms with Crippen molar-refractivity contribution in [2.75, 3.05) is 0 Å². The fourth-order valence-corrected chi connectivity index (χ4v) is 2.16. The summed E-state index contributed by atoms with van der Waals surface area (Å²) in [7, 11) is 1.83. The molecule has 2 aromatic rings. The number of aryl methyl sites for hydroxylation is 1. The highest BCUT2D eigenvalue weighted by Gasteiger charge is 2.15. The van der Waals surface area contributed by atoms with E-state index in [1.807, 2.05) is 7.05 Å². The molecule has 0 N–H and O–H groups in total. The minimum absolute atomic E-state index is 0.0365. The smallest absolute Gasteiger partial charge is 0.387 e. The first-order valence-corrected chi connectivity index (χ1v) is 6.65. The van der Waals surface area contributed by atoms with Crippen LogP contribution >= 0.6 is 15.9 Å². The predicted molar refractivity (Wildman–Crippen MR) is 73.9 cm³/mol. The van der Waals surface area contributed by atoms with Gasteiger partial charge in [-0.1, -0.05) is 0 Å². The second-order valence-electron chi connectivity index (χ2n) is 4.13. The Morgan fingerprint density at radius 3 is 2.62 bits per heavy atom. The summed E-state index contributed by atoms with van der Waals surface area (Å²) in [6.45, 7) is -2.98. The highest BCUT2D eigenvalue weighted by atomic mass is 79.9. The van der Waals surface area contributed by atoms with Crippen LogP contribution in [0.15, 0.2) is 41.1 Å². The molecular weight excluding hydrogens is 348 g/mol. The summed E-state index contributed by atoms with van der Waals surface area (Å²) in [5.74, 6) is 0.306. The fourth-order valence-electron chi connectivity index (χ4n) is 1.62. The van der Waals surface area contributed by atoms with E-state index in [1.165, 1.54) is 18.2 Å². The van der Waals surface area contributed by atoms with Gasteiger partial charge in [-0.05, 0) is 34.1 Å². The molecule has 0 fully saturated rings. The van der Waals surface area contributed by atoms with Crippen LogP contribution in [0.2, 0.25) is 0 Å². The van der Waals surface area contributed by atoms with Crippen molar-refractivity contribution in [1.82, 2.24) is 0 Å². The number of benzene rings is 1. The molecule has 0 atom stereocenters. The molecule has 110 valence electrons. The van der Waals surface area contributed by atoms with E-state index in [4.69, 9.17) is 4.74 Å². The van der Waals surface area contributed by atoms with Gasteiger partial charge in [-0.15, -0.1) is 0 Å². The Balaban J connectivity index is 2.38. The minimum atomic E-state index is -2.98. The quantitative estimate of drug-likeness (QED) is 0.606. The van der Waals surface area contributed by atoms with E-state index in [2.05, 4.69) is 20.7 Å². The average molecular weight is 359 g/mol. The van der Waals surface area contributed by atoms with E-state index in [1.54, 1.807) is 23.0 Å². The lowest BCUT2D eigenvalue weighted by atomic mass is 10.2. The molecule has 0 amide bonds. The first-order chi connectivity index (χ1) is 9.99. The van der Waals surface area contributed by atoms with Crippen LogP contribution in [-0.4, -0.2) is 12.9 Å². The number of alkyl halides is 2. The number of rotatable bonds is 5. The third kappa shape index (κ3) is 3.98. The number of pyridine rings is 1. The summed E-state index contributed by atoms with van der Waals surface area (Å²) in [5, 5.41) is 0. The Bertz CT molecular complexity index is 665. The van der Waals surface area contributed by atoms with Gasteiger partial charge in [0.1, 0.15) is 17.8 Å². The lowest BCUT2D eigenvalue weighted by molar-refractivity contribution is -0.672. The van der Waals surface area contributed by atoms with Crippen molar-refractivity contribution in [2.45, 2.75) is 6.61 Å². The summed E-state index contributed by atoms with van der Waals surface area (Å²) in [6, 6.07) is 5.63. The normalized spacial score (nSPS) is 10.5. The molecule has 0 unspecified atom stereocenters. The molecule has 4 nitrogen and oxygen atoms in total. The minimum Gasteiger partial charge on any atom is -0.452 e. The average Bonchev–Trinajstić information content (AvgIpc) is 2.43. The Labute approximate surface area is 128 Å².